The molecule has 1 aromatic carbocycles. The summed E-state index contributed by atoms with van der Waals surface area (Å²) in [5.74, 6) is 0.521. The minimum atomic E-state index is -0.353. The Morgan fingerprint density at radius 2 is 1.86 bits per heavy atom. The fourth-order valence-corrected chi connectivity index (χ4v) is 3.41. The second-order valence-corrected chi connectivity index (χ2v) is 6.65. The smallest absolute Gasteiger partial charge is 0.290 e. The van der Waals surface area contributed by atoms with Gasteiger partial charge in [-0.3, -0.25) is 14.0 Å². The van der Waals surface area contributed by atoms with Crippen LogP contribution in [0.2, 0.25) is 0 Å². The van der Waals surface area contributed by atoms with Crippen molar-refractivity contribution in [3.63, 3.8) is 0 Å². The summed E-state index contributed by atoms with van der Waals surface area (Å²) in [6.07, 6.45) is 3.76. The monoisotopic (exact) mass is 378 g/mol. The zero-order chi connectivity index (χ0) is 19.5. The van der Waals surface area contributed by atoms with E-state index < -0.39 is 0 Å². The van der Waals surface area contributed by atoms with Gasteiger partial charge in [0.2, 0.25) is 5.82 Å². The number of anilines is 1. The topological polar surface area (TPSA) is 75.9 Å². The fourth-order valence-electron chi connectivity index (χ4n) is 3.41. The van der Waals surface area contributed by atoms with Gasteiger partial charge in [-0.05, 0) is 56.2 Å². The molecule has 7 heteroatoms. The van der Waals surface area contributed by atoms with Gasteiger partial charge in [0.25, 0.3) is 11.8 Å². The number of nitrogens with one attached hydrogen (secondary N) is 1. The predicted molar refractivity (Wildman–Crippen MR) is 106 cm³/mol. The van der Waals surface area contributed by atoms with Crippen molar-refractivity contribution < 1.29 is 14.3 Å². The third kappa shape index (κ3) is 3.43. The molecule has 3 aromatic rings. The average Bonchev–Trinajstić information content (AvgIpc) is 3.37. The first-order chi connectivity index (χ1) is 13.7. The predicted octanol–water partition coefficient (Wildman–Crippen LogP) is 3.22. The number of pyridine rings is 1. The maximum atomic E-state index is 12.9. The van der Waals surface area contributed by atoms with E-state index in [4.69, 9.17) is 4.74 Å². The Morgan fingerprint density at radius 3 is 2.57 bits per heavy atom. The standard InChI is InChI=1S/C21H22N4O3/c1-2-28-16-10-8-15(9-11-16)22-20(26)18-17-7-3-4-14-25(17)19(23-18)21(27)24-12-5-6-13-24/h3-4,7-11,14H,2,5-6,12-13H2,1H3,(H,22,26). The van der Waals surface area contributed by atoms with Crippen molar-refractivity contribution in [3.8, 4) is 5.75 Å². The van der Waals surface area contributed by atoms with E-state index in [1.165, 1.54) is 0 Å². The molecule has 3 heterocycles. The van der Waals surface area contributed by atoms with Gasteiger partial charge in [-0.15, -0.1) is 0 Å². The van der Waals surface area contributed by atoms with Crippen LogP contribution in [0.4, 0.5) is 5.69 Å². The Kier molecular flexibility index (Phi) is 4.97. The van der Waals surface area contributed by atoms with Crippen LogP contribution in [-0.4, -0.2) is 45.8 Å². The van der Waals surface area contributed by atoms with Gasteiger partial charge < -0.3 is 15.0 Å². The number of ether oxygens (including phenoxy) is 1. The van der Waals surface area contributed by atoms with Gasteiger partial charge in [0.1, 0.15) is 5.75 Å². The highest BCUT2D eigenvalue weighted by Gasteiger charge is 2.26. The van der Waals surface area contributed by atoms with Crippen molar-refractivity contribution in [3.05, 3.63) is 60.2 Å². The lowest BCUT2D eigenvalue weighted by Crippen LogP contribution is -2.29. The Bertz CT molecular complexity index is 1000. The van der Waals surface area contributed by atoms with Gasteiger partial charge in [-0.2, -0.15) is 0 Å². The molecule has 4 rings (SSSR count). The highest BCUT2D eigenvalue weighted by atomic mass is 16.5. The number of hydrogen-bond donors (Lipinski definition) is 1. The Labute approximate surface area is 162 Å². The summed E-state index contributed by atoms with van der Waals surface area (Å²) in [4.78, 5) is 31.9. The van der Waals surface area contributed by atoms with E-state index in [1.54, 1.807) is 45.8 Å². The van der Waals surface area contributed by atoms with Gasteiger partial charge in [-0.25, -0.2) is 4.98 Å². The lowest BCUT2D eigenvalue weighted by Gasteiger charge is -2.13. The summed E-state index contributed by atoms with van der Waals surface area (Å²) >= 11 is 0. The van der Waals surface area contributed by atoms with Crippen LogP contribution in [0.25, 0.3) is 5.52 Å². The second kappa shape index (κ2) is 7.72. The third-order valence-electron chi connectivity index (χ3n) is 4.77. The molecule has 28 heavy (non-hydrogen) atoms. The van der Waals surface area contributed by atoms with Crippen LogP contribution in [0.3, 0.4) is 0 Å². The zero-order valence-corrected chi connectivity index (χ0v) is 15.7. The molecule has 144 valence electrons. The molecule has 1 aliphatic rings. The number of hydrogen-bond acceptors (Lipinski definition) is 4. The number of fused-ring (bicyclic) bond motifs is 1. The summed E-state index contributed by atoms with van der Waals surface area (Å²) in [5.41, 5.74) is 1.48. The molecule has 1 fully saturated rings. The van der Waals surface area contributed by atoms with Gasteiger partial charge in [0, 0.05) is 25.0 Å². The average molecular weight is 378 g/mol. The molecule has 0 saturated carbocycles. The van der Waals surface area contributed by atoms with Crippen LogP contribution in [0.15, 0.2) is 48.7 Å². The number of likely N-dealkylation sites (tertiary alicyclic amines) is 1. The quantitative estimate of drug-likeness (QED) is 0.740. The lowest BCUT2D eigenvalue weighted by atomic mass is 10.2. The van der Waals surface area contributed by atoms with Crippen LogP contribution in [-0.2, 0) is 0 Å². The van der Waals surface area contributed by atoms with Gasteiger partial charge in [0.05, 0.1) is 12.1 Å². The van der Waals surface area contributed by atoms with Crippen molar-refractivity contribution >= 4 is 23.0 Å². The van der Waals surface area contributed by atoms with E-state index in [0.717, 1.165) is 31.7 Å². The Morgan fingerprint density at radius 1 is 1.11 bits per heavy atom. The maximum Gasteiger partial charge on any atom is 0.290 e. The van der Waals surface area contributed by atoms with E-state index in [0.29, 0.717) is 17.8 Å². The molecule has 0 atom stereocenters. The normalized spacial score (nSPS) is 13.7. The van der Waals surface area contributed by atoms with Gasteiger partial charge in [0.15, 0.2) is 5.69 Å². The van der Waals surface area contributed by atoms with Crippen LogP contribution >= 0.6 is 0 Å². The lowest BCUT2D eigenvalue weighted by molar-refractivity contribution is 0.0780. The van der Waals surface area contributed by atoms with Crippen molar-refractivity contribution in [1.29, 1.82) is 0 Å². The number of carbonyl (C=O) groups excluding carboxylic acids is 2. The Hall–Kier alpha value is -3.35. The second-order valence-electron chi connectivity index (χ2n) is 6.65. The van der Waals surface area contributed by atoms with Crippen molar-refractivity contribution in [2.24, 2.45) is 0 Å². The fraction of sp³-hybridized carbons (Fsp3) is 0.286. The molecule has 0 radical (unpaired) electrons. The number of rotatable bonds is 5. The van der Waals surface area contributed by atoms with Crippen molar-refractivity contribution in [2.45, 2.75) is 19.8 Å². The van der Waals surface area contributed by atoms with E-state index in [1.807, 2.05) is 19.1 Å². The summed E-state index contributed by atoms with van der Waals surface area (Å²) in [5, 5.41) is 2.85. The SMILES string of the molecule is CCOc1ccc(NC(=O)c2nc(C(=O)N3CCCC3)n3ccccc23)cc1. The molecule has 2 aromatic heterocycles. The minimum absolute atomic E-state index is 0.140. The number of amides is 2. The molecule has 1 N–H and O–H groups in total. The molecular formula is C21H22N4O3. The molecule has 0 unspecified atom stereocenters. The van der Waals surface area contributed by atoms with E-state index >= 15 is 0 Å². The van der Waals surface area contributed by atoms with Gasteiger partial charge in [-0.1, -0.05) is 6.07 Å². The number of benzene rings is 1. The molecule has 1 aliphatic heterocycles. The Balaban J connectivity index is 1.62. The summed E-state index contributed by atoms with van der Waals surface area (Å²) in [7, 11) is 0. The van der Waals surface area contributed by atoms with E-state index in [-0.39, 0.29) is 23.3 Å². The summed E-state index contributed by atoms with van der Waals surface area (Å²) < 4.78 is 7.10. The van der Waals surface area contributed by atoms with E-state index in [2.05, 4.69) is 10.3 Å². The molecule has 0 bridgehead atoms. The zero-order valence-electron chi connectivity index (χ0n) is 15.7. The van der Waals surface area contributed by atoms with Gasteiger partial charge >= 0.3 is 0 Å². The number of imidazole rings is 1. The van der Waals surface area contributed by atoms with Crippen molar-refractivity contribution in [2.75, 3.05) is 25.0 Å². The highest BCUT2D eigenvalue weighted by Crippen LogP contribution is 2.20. The van der Waals surface area contributed by atoms with Crippen LogP contribution in [0.5, 0.6) is 5.75 Å². The summed E-state index contributed by atoms with van der Waals surface area (Å²) in [6, 6.07) is 12.6. The molecule has 0 spiro atoms. The first-order valence-electron chi connectivity index (χ1n) is 9.48. The van der Waals surface area contributed by atoms with Crippen molar-refractivity contribution in [1.82, 2.24) is 14.3 Å². The number of carbonyl (C=O) groups is 2. The molecule has 1 saturated heterocycles. The van der Waals surface area contributed by atoms with E-state index in [9.17, 15) is 9.59 Å². The molecule has 0 aliphatic carbocycles. The highest BCUT2D eigenvalue weighted by molar-refractivity contribution is 6.09. The van der Waals surface area contributed by atoms with Crippen LogP contribution in [0, 0.1) is 0 Å². The number of nitrogens with zero attached hydrogens (tertiary/aromatic N) is 3. The minimum Gasteiger partial charge on any atom is -0.494 e. The first kappa shape index (κ1) is 18.0. The first-order valence-corrected chi connectivity index (χ1v) is 9.48. The molecule has 2 amide bonds. The van der Waals surface area contributed by atoms with Crippen LogP contribution in [0.1, 0.15) is 40.9 Å². The largest absolute Gasteiger partial charge is 0.494 e. The van der Waals surface area contributed by atoms with Crippen LogP contribution < -0.4 is 10.1 Å². The summed E-state index contributed by atoms with van der Waals surface area (Å²) in [6.45, 7) is 3.96. The molecule has 7 nitrogen and oxygen atoms in total. The third-order valence-corrected chi connectivity index (χ3v) is 4.77. The maximum absolute atomic E-state index is 12.9. The number of aromatic nitrogens is 2. The molecular weight excluding hydrogens is 356 g/mol.